The van der Waals surface area contributed by atoms with Gasteiger partial charge in [0.2, 0.25) is 0 Å². The van der Waals surface area contributed by atoms with Gasteiger partial charge < -0.3 is 19.7 Å². The van der Waals surface area contributed by atoms with Crippen LogP contribution in [0.4, 0.5) is 4.39 Å². The van der Waals surface area contributed by atoms with E-state index in [1.807, 2.05) is 0 Å². The van der Waals surface area contributed by atoms with Gasteiger partial charge >= 0.3 is 0 Å². The van der Waals surface area contributed by atoms with Gasteiger partial charge in [-0.05, 0) is 31.2 Å². The molecule has 118 valence electrons. The van der Waals surface area contributed by atoms with E-state index in [2.05, 4.69) is 10.5 Å². The molecule has 0 fully saturated rings. The normalized spacial score (nSPS) is 12.2. The number of carbonyl (C=O) groups is 1. The molecule has 0 saturated carbocycles. The fourth-order valence-corrected chi connectivity index (χ4v) is 1.97. The zero-order chi connectivity index (χ0) is 16.1. The van der Waals surface area contributed by atoms with Crippen molar-refractivity contribution in [2.75, 3.05) is 20.3 Å². The van der Waals surface area contributed by atoms with Crippen molar-refractivity contribution >= 4 is 5.91 Å². The van der Waals surface area contributed by atoms with Gasteiger partial charge in [0.1, 0.15) is 23.2 Å². The summed E-state index contributed by atoms with van der Waals surface area (Å²) in [5, 5.41) is 16.2. The molecule has 2 aromatic rings. The lowest BCUT2D eigenvalue weighted by molar-refractivity contribution is 0.0924. The van der Waals surface area contributed by atoms with Crippen LogP contribution in [0.25, 0.3) is 11.3 Å². The average Bonchev–Trinajstić information content (AvgIpc) is 2.93. The lowest BCUT2D eigenvalue weighted by Crippen LogP contribution is -2.28. The third kappa shape index (κ3) is 3.49. The lowest BCUT2D eigenvalue weighted by atomic mass is 10.0. The molecule has 0 bridgehead atoms. The summed E-state index contributed by atoms with van der Waals surface area (Å²) < 4.78 is 23.0. The van der Waals surface area contributed by atoms with E-state index < -0.39 is 17.8 Å². The zero-order valence-electron chi connectivity index (χ0n) is 12.3. The summed E-state index contributed by atoms with van der Waals surface area (Å²) in [5.74, 6) is -0.767. The van der Waals surface area contributed by atoms with Crippen LogP contribution < -0.4 is 5.32 Å². The summed E-state index contributed by atoms with van der Waals surface area (Å²) in [4.78, 5) is 12.3. The van der Waals surface area contributed by atoms with Crippen LogP contribution in [0.3, 0.4) is 0 Å². The highest BCUT2D eigenvalue weighted by atomic mass is 19.1. The van der Waals surface area contributed by atoms with E-state index in [0.29, 0.717) is 18.7 Å². The van der Waals surface area contributed by atoms with Crippen LogP contribution >= 0.6 is 0 Å². The number of halogens is 1. The first-order valence-electron chi connectivity index (χ1n) is 6.75. The summed E-state index contributed by atoms with van der Waals surface area (Å²) >= 11 is 0. The van der Waals surface area contributed by atoms with E-state index in [1.54, 1.807) is 0 Å². The van der Waals surface area contributed by atoms with Crippen LogP contribution in [0.15, 0.2) is 28.8 Å². The number of methoxy groups -OCH3 is 1. The summed E-state index contributed by atoms with van der Waals surface area (Å²) in [5.41, 5.74) is 0.914. The number of aliphatic hydroxyl groups is 1. The maximum absolute atomic E-state index is 13.0. The highest BCUT2D eigenvalue weighted by molar-refractivity contribution is 6.00. The van der Waals surface area contributed by atoms with Crippen molar-refractivity contribution in [2.45, 2.75) is 13.0 Å². The maximum Gasteiger partial charge on any atom is 0.257 e. The number of hydrogen-bond acceptors (Lipinski definition) is 5. The number of nitrogens with zero attached hydrogens (tertiary/aromatic N) is 1. The van der Waals surface area contributed by atoms with Crippen LogP contribution in [-0.4, -0.2) is 36.4 Å². The van der Waals surface area contributed by atoms with Gasteiger partial charge in [0.15, 0.2) is 5.76 Å². The molecule has 0 aliphatic heterocycles. The number of hydrogen-bond donors (Lipinski definition) is 2. The highest BCUT2D eigenvalue weighted by Crippen LogP contribution is 2.29. The first-order valence-corrected chi connectivity index (χ1v) is 6.75. The molecule has 7 heteroatoms. The Kier molecular flexibility index (Phi) is 5.24. The third-order valence-corrected chi connectivity index (χ3v) is 3.03. The van der Waals surface area contributed by atoms with E-state index in [0.717, 1.165) is 0 Å². The van der Waals surface area contributed by atoms with E-state index in [1.165, 1.54) is 38.3 Å². The van der Waals surface area contributed by atoms with Crippen molar-refractivity contribution in [1.29, 1.82) is 0 Å². The molecule has 0 spiro atoms. The summed E-state index contributed by atoms with van der Waals surface area (Å²) in [6, 6.07) is 5.51. The standard InChI is InChI=1S/C15H17FN2O4/c1-9(19)14-12(15(20)17-7-8-21-2)13(18-22-14)10-3-5-11(16)6-4-10/h3-6,9,19H,7-8H2,1-2H3,(H,17,20). The number of aromatic nitrogens is 1. The first-order chi connectivity index (χ1) is 10.5. The van der Waals surface area contributed by atoms with E-state index in [4.69, 9.17) is 9.26 Å². The van der Waals surface area contributed by atoms with Crippen LogP contribution in [0.5, 0.6) is 0 Å². The number of nitrogens with one attached hydrogen (secondary N) is 1. The molecule has 6 nitrogen and oxygen atoms in total. The van der Waals surface area contributed by atoms with Crippen LogP contribution in [-0.2, 0) is 4.74 Å². The second kappa shape index (κ2) is 7.15. The zero-order valence-corrected chi connectivity index (χ0v) is 12.3. The summed E-state index contributed by atoms with van der Waals surface area (Å²) in [6.45, 7) is 2.14. The van der Waals surface area contributed by atoms with Gasteiger partial charge in [-0.2, -0.15) is 0 Å². The smallest absolute Gasteiger partial charge is 0.257 e. The molecule has 1 heterocycles. The van der Waals surface area contributed by atoms with E-state index in [-0.39, 0.29) is 17.0 Å². The second-order valence-corrected chi connectivity index (χ2v) is 4.70. The Morgan fingerprint density at radius 2 is 2.14 bits per heavy atom. The van der Waals surface area contributed by atoms with Gasteiger partial charge in [-0.3, -0.25) is 4.79 Å². The Morgan fingerprint density at radius 3 is 2.73 bits per heavy atom. The van der Waals surface area contributed by atoms with Crippen molar-refractivity contribution in [3.05, 3.63) is 41.4 Å². The minimum Gasteiger partial charge on any atom is -0.385 e. The van der Waals surface area contributed by atoms with Crippen molar-refractivity contribution in [3.8, 4) is 11.3 Å². The highest BCUT2D eigenvalue weighted by Gasteiger charge is 2.26. The lowest BCUT2D eigenvalue weighted by Gasteiger charge is -2.07. The number of amides is 1. The molecule has 22 heavy (non-hydrogen) atoms. The Labute approximate surface area is 126 Å². The Balaban J connectivity index is 2.38. The quantitative estimate of drug-likeness (QED) is 0.796. The molecule has 2 rings (SSSR count). The van der Waals surface area contributed by atoms with Gasteiger partial charge in [-0.15, -0.1) is 0 Å². The van der Waals surface area contributed by atoms with Crippen LogP contribution in [0.2, 0.25) is 0 Å². The fourth-order valence-electron chi connectivity index (χ4n) is 1.97. The third-order valence-electron chi connectivity index (χ3n) is 3.03. The van der Waals surface area contributed by atoms with Gasteiger partial charge in [-0.25, -0.2) is 4.39 Å². The number of aliphatic hydroxyl groups excluding tert-OH is 1. The molecule has 1 aromatic carbocycles. The predicted molar refractivity (Wildman–Crippen MR) is 76.7 cm³/mol. The van der Waals surface area contributed by atoms with Crippen molar-refractivity contribution in [3.63, 3.8) is 0 Å². The van der Waals surface area contributed by atoms with Gasteiger partial charge in [0, 0.05) is 19.2 Å². The summed E-state index contributed by atoms with van der Waals surface area (Å²) in [7, 11) is 1.52. The van der Waals surface area contributed by atoms with Gasteiger partial charge in [0.25, 0.3) is 5.91 Å². The van der Waals surface area contributed by atoms with Crippen molar-refractivity contribution < 1.29 is 23.6 Å². The minimum atomic E-state index is -0.995. The SMILES string of the molecule is COCCNC(=O)c1c(-c2ccc(F)cc2)noc1C(C)O. The Bertz CT molecular complexity index is 637. The molecule has 0 aliphatic carbocycles. The average molecular weight is 308 g/mol. The van der Waals surface area contributed by atoms with Crippen LogP contribution in [0, 0.1) is 5.82 Å². The fraction of sp³-hybridized carbons (Fsp3) is 0.333. The monoisotopic (exact) mass is 308 g/mol. The maximum atomic E-state index is 13.0. The molecule has 2 N–H and O–H groups in total. The Morgan fingerprint density at radius 1 is 1.45 bits per heavy atom. The molecule has 0 radical (unpaired) electrons. The molecular weight excluding hydrogens is 291 g/mol. The summed E-state index contributed by atoms with van der Waals surface area (Å²) in [6.07, 6.45) is -0.995. The second-order valence-electron chi connectivity index (χ2n) is 4.70. The van der Waals surface area contributed by atoms with Crippen LogP contribution in [0.1, 0.15) is 29.1 Å². The molecule has 1 amide bonds. The van der Waals surface area contributed by atoms with E-state index >= 15 is 0 Å². The molecule has 1 atom stereocenters. The Hall–Kier alpha value is -2.25. The predicted octanol–water partition coefficient (Wildman–Crippen LogP) is 1.91. The largest absolute Gasteiger partial charge is 0.385 e. The van der Waals surface area contributed by atoms with Crippen molar-refractivity contribution in [1.82, 2.24) is 10.5 Å². The number of rotatable bonds is 6. The van der Waals surface area contributed by atoms with Crippen molar-refractivity contribution in [2.24, 2.45) is 0 Å². The van der Waals surface area contributed by atoms with Gasteiger partial charge in [-0.1, -0.05) is 5.16 Å². The number of benzene rings is 1. The molecule has 0 aliphatic rings. The molecular formula is C15H17FN2O4. The minimum absolute atomic E-state index is 0.0641. The topological polar surface area (TPSA) is 84.6 Å². The van der Waals surface area contributed by atoms with Gasteiger partial charge in [0.05, 0.1) is 6.61 Å². The van der Waals surface area contributed by atoms with E-state index in [9.17, 15) is 14.3 Å². The molecule has 1 unspecified atom stereocenters. The molecule has 0 saturated heterocycles. The number of ether oxygens (including phenoxy) is 1. The molecule has 1 aromatic heterocycles. The number of carbonyl (C=O) groups excluding carboxylic acids is 1. The first kappa shape index (κ1) is 16.1.